The third kappa shape index (κ3) is 4.09. The smallest absolute Gasteiger partial charge is 0.251 e. The first-order valence-electron chi connectivity index (χ1n) is 10.6. The Bertz CT molecular complexity index is 1030. The quantitative estimate of drug-likeness (QED) is 0.788. The summed E-state index contributed by atoms with van der Waals surface area (Å²) in [4.78, 5) is 13.1. The number of hydrogen-bond donors (Lipinski definition) is 1. The lowest BCUT2D eigenvalue weighted by Crippen LogP contribution is -2.36. The molecule has 4 rings (SSSR count). The highest BCUT2D eigenvalue weighted by atomic mass is 32.2. The van der Waals surface area contributed by atoms with E-state index in [1.54, 1.807) is 12.1 Å². The molecule has 1 saturated heterocycles. The Morgan fingerprint density at radius 3 is 2.60 bits per heavy atom. The van der Waals surface area contributed by atoms with Crippen molar-refractivity contribution in [3.05, 3.63) is 59.2 Å². The molecule has 1 aliphatic heterocycles. The summed E-state index contributed by atoms with van der Waals surface area (Å²) in [6, 6.07) is 12.7. The third-order valence-corrected chi connectivity index (χ3v) is 7.95. The van der Waals surface area contributed by atoms with Gasteiger partial charge >= 0.3 is 0 Å². The second-order valence-corrected chi connectivity index (χ2v) is 9.85. The van der Waals surface area contributed by atoms with E-state index in [9.17, 15) is 13.2 Å². The zero-order chi connectivity index (χ0) is 21.1. The third-order valence-electron chi connectivity index (χ3n) is 6.03. The van der Waals surface area contributed by atoms with Gasteiger partial charge in [0.05, 0.1) is 13.2 Å². The van der Waals surface area contributed by atoms with Crippen LogP contribution in [0.5, 0.6) is 5.75 Å². The first kappa shape index (κ1) is 20.9. The van der Waals surface area contributed by atoms with Gasteiger partial charge in [0, 0.05) is 18.7 Å². The molecule has 0 saturated carbocycles. The maximum Gasteiger partial charge on any atom is 0.251 e. The van der Waals surface area contributed by atoms with E-state index in [0.29, 0.717) is 18.7 Å². The number of carbonyl (C=O) groups excluding carboxylic acids is 1. The molecule has 1 unspecified atom stereocenters. The Balaban J connectivity index is 1.61. The molecule has 1 heterocycles. The van der Waals surface area contributed by atoms with Crippen LogP contribution in [0, 0.1) is 0 Å². The van der Waals surface area contributed by atoms with Crippen LogP contribution in [0.1, 0.15) is 59.6 Å². The highest BCUT2D eigenvalue weighted by Crippen LogP contribution is 2.32. The van der Waals surface area contributed by atoms with Crippen molar-refractivity contribution in [3.8, 4) is 5.75 Å². The van der Waals surface area contributed by atoms with Crippen LogP contribution in [0.25, 0.3) is 0 Å². The minimum Gasteiger partial charge on any atom is -0.495 e. The minimum atomic E-state index is -3.71. The van der Waals surface area contributed by atoms with E-state index in [2.05, 4.69) is 17.4 Å². The Labute approximate surface area is 178 Å². The van der Waals surface area contributed by atoms with Crippen LogP contribution in [0.3, 0.4) is 0 Å². The van der Waals surface area contributed by atoms with Crippen molar-refractivity contribution < 1.29 is 17.9 Å². The molecule has 160 valence electrons. The predicted molar refractivity (Wildman–Crippen MR) is 115 cm³/mol. The van der Waals surface area contributed by atoms with Gasteiger partial charge in [0.15, 0.2) is 0 Å². The lowest BCUT2D eigenvalue weighted by molar-refractivity contribution is 0.0932. The average Bonchev–Trinajstić information content (AvgIpc) is 2.79. The topological polar surface area (TPSA) is 75.7 Å². The number of fused-ring (bicyclic) bond motifs is 1. The van der Waals surface area contributed by atoms with Crippen molar-refractivity contribution in [1.82, 2.24) is 9.62 Å². The summed E-state index contributed by atoms with van der Waals surface area (Å²) in [5.74, 6) is -0.00501. The summed E-state index contributed by atoms with van der Waals surface area (Å²) in [5.41, 5.74) is 2.73. The second kappa shape index (κ2) is 8.78. The largest absolute Gasteiger partial charge is 0.495 e. The van der Waals surface area contributed by atoms with Gasteiger partial charge in [-0.1, -0.05) is 30.7 Å². The minimum absolute atomic E-state index is 0.0589. The van der Waals surface area contributed by atoms with Crippen LogP contribution in [-0.4, -0.2) is 38.8 Å². The molecule has 0 aromatic heterocycles. The lowest BCUT2D eigenvalue weighted by Gasteiger charge is -2.27. The summed E-state index contributed by atoms with van der Waals surface area (Å²) >= 11 is 0. The molecular formula is C23H28N2O4S. The zero-order valence-electron chi connectivity index (χ0n) is 17.3. The maximum atomic E-state index is 13.2. The summed E-state index contributed by atoms with van der Waals surface area (Å²) in [6.07, 6.45) is 5.64. The fourth-order valence-electron chi connectivity index (χ4n) is 4.41. The van der Waals surface area contributed by atoms with E-state index in [4.69, 9.17) is 4.74 Å². The average molecular weight is 429 g/mol. The highest BCUT2D eigenvalue weighted by molar-refractivity contribution is 7.89. The van der Waals surface area contributed by atoms with Crippen LogP contribution in [0.15, 0.2) is 47.4 Å². The standard InChI is InChI=1S/C23H28N2O4S/c1-29-21-13-12-18(16-22(21)30(27,28)25-14-5-2-6-15-25)23(26)24-20-11-7-9-17-8-3-4-10-19(17)20/h3-4,8,10,12-13,16,20H,2,5-7,9,11,14-15H2,1H3,(H,24,26). The van der Waals surface area contributed by atoms with Crippen molar-refractivity contribution in [3.63, 3.8) is 0 Å². The predicted octanol–water partition coefficient (Wildman–Crippen LogP) is 3.68. The van der Waals surface area contributed by atoms with E-state index >= 15 is 0 Å². The number of ether oxygens (including phenoxy) is 1. The Kier molecular flexibility index (Phi) is 6.11. The molecule has 1 amide bonds. The van der Waals surface area contributed by atoms with Crippen LogP contribution in [0.2, 0.25) is 0 Å². The SMILES string of the molecule is COc1ccc(C(=O)NC2CCCc3ccccc32)cc1S(=O)(=O)N1CCCCC1. The number of nitrogens with zero attached hydrogens (tertiary/aromatic N) is 1. The number of sulfonamides is 1. The van der Waals surface area contributed by atoms with Crippen LogP contribution < -0.4 is 10.1 Å². The van der Waals surface area contributed by atoms with Crippen LogP contribution in [0.4, 0.5) is 0 Å². The first-order chi connectivity index (χ1) is 14.5. The normalized spacial score (nSPS) is 19.7. The van der Waals surface area contributed by atoms with E-state index in [-0.39, 0.29) is 22.6 Å². The lowest BCUT2D eigenvalue weighted by atomic mass is 9.87. The van der Waals surface area contributed by atoms with Crippen LogP contribution in [-0.2, 0) is 16.4 Å². The summed E-state index contributed by atoms with van der Waals surface area (Å²) in [6.45, 7) is 1.00. The van der Waals surface area contributed by atoms with Crippen molar-refractivity contribution in [1.29, 1.82) is 0 Å². The molecule has 0 radical (unpaired) electrons. The van der Waals surface area contributed by atoms with Crippen molar-refractivity contribution >= 4 is 15.9 Å². The van der Waals surface area contributed by atoms with Gasteiger partial charge in [0.25, 0.3) is 5.91 Å². The summed E-state index contributed by atoms with van der Waals surface area (Å²) < 4.78 is 33.2. The number of methoxy groups -OCH3 is 1. The first-order valence-corrected chi connectivity index (χ1v) is 12.0. The van der Waals surface area contributed by atoms with E-state index < -0.39 is 10.0 Å². The number of benzene rings is 2. The molecule has 2 aromatic rings. The fraction of sp³-hybridized carbons (Fsp3) is 0.435. The van der Waals surface area contributed by atoms with Gasteiger partial charge in [-0.3, -0.25) is 4.79 Å². The number of amides is 1. The van der Waals surface area contributed by atoms with Gasteiger partial charge in [0.1, 0.15) is 10.6 Å². The molecule has 1 N–H and O–H groups in total. The molecule has 30 heavy (non-hydrogen) atoms. The molecule has 0 bridgehead atoms. The summed E-state index contributed by atoms with van der Waals surface area (Å²) in [7, 11) is -2.27. The Hall–Kier alpha value is -2.38. The van der Waals surface area contributed by atoms with Crippen molar-refractivity contribution in [2.75, 3.05) is 20.2 Å². The van der Waals surface area contributed by atoms with Crippen molar-refractivity contribution in [2.24, 2.45) is 0 Å². The van der Waals surface area contributed by atoms with E-state index in [1.807, 2.05) is 12.1 Å². The van der Waals surface area contributed by atoms with Gasteiger partial charge < -0.3 is 10.1 Å². The summed E-state index contributed by atoms with van der Waals surface area (Å²) in [5, 5.41) is 3.10. The van der Waals surface area contributed by atoms with Crippen molar-refractivity contribution in [2.45, 2.75) is 49.5 Å². The van der Waals surface area contributed by atoms with E-state index in [0.717, 1.165) is 44.1 Å². The molecule has 1 fully saturated rings. The van der Waals surface area contributed by atoms with Gasteiger partial charge in [-0.15, -0.1) is 0 Å². The molecule has 0 spiro atoms. The molecule has 6 nitrogen and oxygen atoms in total. The number of hydrogen-bond acceptors (Lipinski definition) is 4. The van der Waals surface area contributed by atoms with Crippen LogP contribution >= 0.6 is 0 Å². The fourth-order valence-corrected chi connectivity index (χ4v) is 6.11. The number of nitrogens with one attached hydrogen (secondary N) is 1. The number of piperidine rings is 1. The molecule has 2 aromatic carbocycles. The van der Waals surface area contributed by atoms with Gasteiger partial charge in [-0.25, -0.2) is 8.42 Å². The monoisotopic (exact) mass is 428 g/mol. The molecule has 1 atom stereocenters. The van der Waals surface area contributed by atoms with Gasteiger partial charge in [-0.2, -0.15) is 4.31 Å². The zero-order valence-corrected chi connectivity index (χ0v) is 18.1. The molecular weight excluding hydrogens is 400 g/mol. The number of aryl methyl sites for hydroxylation is 1. The molecule has 1 aliphatic carbocycles. The molecule has 2 aliphatic rings. The number of carbonyl (C=O) groups is 1. The number of rotatable bonds is 5. The Morgan fingerprint density at radius 1 is 1.07 bits per heavy atom. The highest BCUT2D eigenvalue weighted by Gasteiger charge is 2.30. The Morgan fingerprint density at radius 2 is 1.83 bits per heavy atom. The molecule has 7 heteroatoms. The second-order valence-electron chi connectivity index (χ2n) is 7.95. The maximum absolute atomic E-state index is 13.2. The van der Waals surface area contributed by atoms with Gasteiger partial charge in [-0.05, 0) is 61.4 Å². The van der Waals surface area contributed by atoms with E-state index in [1.165, 1.54) is 23.0 Å². The van der Waals surface area contributed by atoms with Gasteiger partial charge in [0.2, 0.25) is 10.0 Å².